The molecule has 1 heterocycles. The van der Waals surface area contributed by atoms with Crippen molar-refractivity contribution in [1.82, 2.24) is 9.97 Å². The quantitative estimate of drug-likeness (QED) is 0.666. The van der Waals surface area contributed by atoms with Gasteiger partial charge in [-0.15, -0.1) is 0 Å². The smallest absolute Gasteiger partial charge is 0.125 e. The lowest BCUT2D eigenvalue weighted by molar-refractivity contribution is 0.472. The molecule has 1 atom stereocenters. The minimum absolute atomic E-state index is 0.0242. The summed E-state index contributed by atoms with van der Waals surface area (Å²) >= 11 is 5.96. The number of nitrogens with zero attached hydrogens (tertiary/aromatic N) is 2. The van der Waals surface area contributed by atoms with Gasteiger partial charge in [-0.05, 0) is 37.3 Å². The lowest BCUT2D eigenvalue weighted by Gasteiger charge is -2.13. The first kappa shape index (κ1) is 17.2. The van der Waals surface area contributed by atoms with Crippen LogP contribution in [0.25, 0.3) is 0 Å². The highest BCUT2D eigenvalue weighted by molar-refractivity contribution is 6.30. The third kappa shape index (κ3) is 4.25. The summed E-state index contributed by atoms with van der Waals surface area (Å²) in [6.45, 7) is 1.95. The predicted molar refractivity (Wildman–Crippen MR) is 96.9 cm³/mol. The predicted octanol–water partition coefficient (Wildman–Crippen LogP) is 4.38. The number of halogens is 2. The summed E-state index contributed by atoms with van der Waals surface area (Å²) in [6.07, 6.45) is 4.01. The van der Waals surface area contributed by atoms with Gasteiger partial charge in [0, 0.05) is 34.5 Å². The zero-order chi connectivity index (χ0) is 17.8. The maximum absolute atomic E-state index is 13.7. The summed E-state index contributed by atoms with van der Waals surface area (Å²) in [5.74, 6) is -0.459. The van der Waals surface area contributed by atoms with Crippen LogP contribution in [0, 0.1) is 5.82 Å². The Kier molecular flexibility index (Phi) is 5.14. The van der Waals surface area contributed by atoms with E-state index in [0.717, 1.165) is 11.3 Å². The van der Waals surface area contributed by atoms with E-state index in [2.05, 4.69) is 9.97 Å². The van der Waals surface area contributed by atoms with Crippen LogP contribution in [-0.2, 0) is 6.42 Å². The number of phenolic OH excluding ortho intramolecular Hbond substituents is 1. The van der Waals surface area contributed by atoms with E-state index in [-0.39, 0.29) is 11.8 Å². The van der Waals surface area contributed by atoms with Crippen molar-refractivity contribution in [3.63, 3.8) is 0 Å². The van der Waals surface area contributed by atoms with Crippen LogP contribution >= 0.6 is 11.6 Å². The summed E-state index contributed by atoms with van der Waals surface area (Å²) in [4.78, 5) is 11.8. The molecule has 0 amide bonds. The minimum atomic E-state index is -0.435. The van der Waals surface area contributed by atoms with Crippen molar-refractivity contribution in [3.8, 4) is 5.75 Å². The molecule has 2 N–H and O–H groups in total. The fourth-order valence-corrected chi connectivity index (χ4v) is 2.71. The normalized spacial score (nSPS) is 13.0. The average molecular weight is 358 g/mol. The van der Waals surface area contributed by atoms with Gasteiger partial charge in [0.15, 0.2) is 0 Å². The Labute approximate surface area is 150 Å². The van der Waals surface area contributed by atoms with Crippen LogP contribution in [0.5, 0.6) is 5.75 Å². The fraction of sp³-hybridized carbons (Fsp3) is 0.158. The molecule has 128 valence electrons. The van der Waals surface area contributed by atoms with Gasteiger partial charge in [0.1, 0.15) is 11.6 Å². The molecule has 2 aromatic carbocycles. The molecule has 3 rings (SSSR count). The number of nitrogens with one attached hydrogen (secondary N) is 1. The zero-order valence-corrected chi connectivity index (χ0v) is 14.3. The zero-order valence-electron chi connectivity index (χ0n) is 13.6. The summed E-state index contributed by atoms with van der Waals surface area (Å²) in [5, 5.41) is 10.8. The number of hydrogen-bond donors (Lipinski definition) is 2. The third-order valence-electron chi connectivity index (χ3n) is 3.75. The van der Waals surface area contributed by atoms with E-state index < -0.39 is 5.82 Å². The Morgan fingerprint density at radius 1 is 1.28 bits per heavy atom. The SMILES string of the molecule is C[C@H](Cc1cnc[nH]1)N=C(c1ccc(Cl)cc1)c1cc(F)ccc1O. The van der Waals surface area contributed by atoms with Gasteiger partial charge in [-0.3, -0.25) is 4.99 Å². The van der Waals surface area contributed by atoms with E-state index >= 15 is 0 Å². The first-order valence-corrected chi connectivity index (χ1v) is 8.20. The number of aromatic nitrogens is 2. The molecular weight excluding hydrogens is 341 g/mol. The van der Waals surface area contributed by atoms with Crippen molar-refractivity contribution in [3.05, 3.63) is 82.6 Å². The highest BCUT2D eigenvalue weighted by Crippen LogP contribution is 2.24. The second-order valence-electron chi connectivity index (χ2n) is 5.78. The Hall–Kier alpha value is -2.66. The van der Waals surface area contributed by atoms with E-state index in [9.17, 15) is 9.50 Å². The maximum Gasteiger partial charge on any atom is 0.125 e. The van der Waals surface area contributed by atoms with Crippen molar-refractivity contribution in [2.24, 2.45) is 4.99 Å². The Morgan fingerprint density at radius 2 is 2.04 bits per heavy atom. The molecule has 0 bridgehead atoms. The molecule has 0 saturated carbocycles. The molecule has 0 unspecified atom stereocenters. The Bertz CT molecular complexity index is 876. The van der Waals surface area contributed by atoms with Gasteiger partial charge >= 0.3 is 0 Å². The molecule has 0 aliphatic heterocycles. The number of H-pyrrole nitrogens is 1. The topological polar surface area (TPSA) is 61.3 Å². The number of benzene rings is 2. The van der Waals surface area contributed by atoms with E-state index in [4.69, 9.17) is 16.6 Å². The molecule has 0 spiro atoms. The highest BCUT2D eigenvalue weighted by atomic mass is 35.5. The number of aliphatic imine (C=N–C) groups is 1. The van der Waals surface area contributed by atoms with E-state index in [0.29, 0.717) is 22.7 Å². The van der Waals surface area contributed by atoms with Gasteiger partial charge in [0.25, 0.3) is 0 Å². The molecular formula is C19H17ClFN3O. The first-order chi connectivity index (χ1) is 12.0. The van der Waals surface area contributed by atoms with Crippen LogP contribution in [0.1, 0.15) is 23.7 Å². The molecule has 4 nitrogen and oxygen atoms in total. The second kappa shape index (κ2) is 7.49. The summed E-state index contributed by atoms with van der Waals surface area (Å²) < 4.78 is 13.7. The van der Waals surface area contributed by atoms with Gasteiger partial charge in [-0.1, -0.05) is 23.7 Å². The van der Waals surface area contributed by atoms with Crippen molar-refractivity contribution < 1.29 is 9.50 Å². The lowest BCUT2D eigenvalue weighted by atomic mass is 10.0. The number of aromatic hydroxyl groups is 1. The summed E-state index contributed by atoms with van der Waals surface area (Å²) in [5.41, 5.74) is 2.57. The second-order valence-corrected chi connectivity index (χ2v) is 6.21. The van der Waals surface area contributed by atoms with E-state index in [1.54, 1.807) is 36.8 Å². The molecule has 0 aliphatic carbocycles. The summed E-state index contributed by atoms with van der Waals surface area (Å²) in [7, 11) is 0. The number of imidazole rings is 1. The third-order valence-corrected chi connectivity index (χ3v) is 4.00. The molecule has 1 aromatic heterocycles. The molecule has 0 saturated heterocycles. The minimum Gasteiger partial charge on any atom is -0.507 e. The van der Waals surface area contributed by atoms with E-state index in [1.807, 2.05) is 6.92 Å². The summed E-state index contributed by atoms with van der Waals surface area (Å²) in [6, 6.07) is 10.8. The van der Waals surface area contributed by atoms with Crippen molar-refractivity contribution in [1.29, 1.82) is 0 Å². The molecule has 0 fully saturated rings. The van der Waals surface area contributed by atoms with E-state index in [1.165, 1.54) is 18.2 Å². The molecule has 6 heteroatoms. The highest BCUT2D eigenvalue weighted by Gasteiger charge is 2.15. The monoisotopic (exact) mass is 357 g/mol. The number of aromatic amines is 1. The van der Waals surface area contributed by atoms with Crippen LogP contribution in [0.15, 0.2) is 60.0 Å². The van der Waals surface area contributed by atoms with Gasteiger partial charge in [0.2, 0.25) is 0 Å². The average Bonchev–Trinajstić information content (AvgIpc) is 3.09. The number of hydrogen-bond acceptors (Lipinski definition) is 3. The molecule has 0 radical (unpaired) electrons. The lowest BCUT2D eigenvalue weighted by Crippen LogP contribution is -2.12. The van der Waals surface area contributed by atoms with Crippen LogP contribution in [0.3, 0.4) is 0 Å². The maximum atomic E-state index is 13.7. The fourth-order valence-electron chi connectivity index (χ4n) is 2.59. The standard InChI is InChI=1S/C19H17ClFN3O/c1-12(8-16-10-22-11-23-16)24-19(13-2-4-14(20)5-3-13)17-9-15(21)6-7-18(17)25/h2-7,9-12,25H,8H2,1H3,(H,22,23)/t12-/m1/s1. The first-order valence-electron chi connectivity index (χ1n) is 7.83. The molecule has 25 heavy (non-hydrogen) atoms. The van der Waals surface area contributed by atoms with Crippen LogP contribution < -0.4 is 0 Å². The van der Waals surface area contributed by atoms with Gasteiger partial charge in [-0.25, -0.2) is 9.37 Å². The molecule has 0 aliphatic rings. The van der Waals surface area contributed by atoms with Gasteiger partial charge in [-0.2, -0.15) is 0 Å². The van der Waals surface area contributed by atoms with Crippen molar-refractivity contribution >= 4 is 17.3 Å². The Balaban J connectivity index is 2.03. The van der Waals surface area contributed by atoms with Gasteiger partial charge < -0.3 is 10.1 Å². The van der Waals surface area contributed by atoms with Crippen LogP contribution in [0.2, 0.25) is 5.02 Å². The van der Waals surface area contributed by atoms with Crippen molar-refractivity contribution in [2.45, 2.75) is 19.4 Å². The largest absolute Gasteiger partial charge is 0.507 e. The molecule has 3 aromatic rings. The number of rotatable bonds is 5. The van der Waals surface area contributed by atoms with Crippen molar-refractivity contribution in [2.75, 3.05) is 0 Å². The van der Waals surface area contributed by atoms with Crippen LogP contribution in [0.4, 0.5) is 4.39 Å². The Morgan fingerprint density at radius 3 is 2.72 bits per heavy atom. The van der Waals surface area contributed by atoms with Gasteiger partial charge in [0.05, 0.1) is 18.1 Å². The van der Waals surface area contributed by atoms with Crippen LogP contribution in [-0.4, -0.2) is 26.8 Å². The number of phenols is 1.